The monoisotopic (exact) mass is 341 g/mol. The van der Waals surface area contributed by atoms with Crippen molar-refractivity contribution < 1.29 is 4.74 Å². The van der Waals surface area contributed by atoms with Crippen LogP contribution in [-0.4, -0.2) is 19.7 Å². The standard InChI is InChI=1S/C17H28BrNO/c1-6-9-19-13(4)16(12(2)3)11-14-10-15(18)7-8-17(14)20-5/h7-8,10,12-13,16,19H,6,9,11H2,1-5H3. The summed E-state index contributed by atoms with van der Waals surface area (Å²) in [4.78, 5) is 0. The fourth-order valence-electron chi connectivity index (χ4n) is 2.67. The molecule has 0 aromatic heterocycles. The van der Waals surface area contributed by atoms with Gasteiger partial charge in [0.2, 0.25) is 0 Å². The zero-order valence-electron chi connectivity index (χ0n) is 13.4. The molecule has 0 amide bonds. The van der Waals surface area contributed by atoms with Crippen LogP contribution in [0, 0.1) is 11.8 Å². The Morgan fingerprint density at radius 2 is 1.95 bits per heavy atom. The van der Waals surface area contributed by atoms with Crippen LogP contribution in [-0.2, 0) is 6.42 Å². The Balaban J connectivity index is 2.87. The van der Waals surface area contributed by atoms with Crippen molar-refractivity contribution >= 4 is 15.9 Å². The molecular formula is C17H28BrNO. The van der Waals surface area contributed by atoms with Gasteiger partial charge in [0.1, 0.15) is 5.75 Å². The molecule has 0 heterocycles. The number of hydrogen-bond donors (Lipinski definition) is 1. The lowest BCUT2D eigenvalue weighted by Crippen LogP contribution is -2.37. The predicted octanol–water partition coefficient (Wildman–Crippen LogP) is 4.66. The van der Waals surface area contributed by atoms with Crippen LogP contribution in [0.5, 0.6) is 5.75 Å². The molecule has 0 saturated heterocycles. The van der Waals surface area contributed by atoms with Gasteiger partial charge in [-0.05, 0) is 61.9 Å². The van der Waals surface area contributed by atoms with Crippen LogP contribution >= 0.6 is 15.9 Å². The van der Waals surface area contributed by atoms with E-state index in [-0.39, 0.29) is 0 Å². The summed E-state index contributed by atoms with van der Waals surface area (Å²) in [7, 11) is 1.75. The van der Waals surface area contributed by atoms with E-state index in [2.05, 4.69) is 55.0 Å². The highest BCUT2D eigenvalue weighted by Crippen LogP contribution is 2.29. The van der Waals surface area contributed by atoms with E-state index in [0.717, 1.165) is 23.2 Å². The Bertz CT molecular complexity index is 406. The van der Waals surface area contributed by atoms with E-state index in [4.69, 9.17) is 4.74 Å². The Morgan fingerprint density at radius 3 is 2.50 bits per heavy atom. The fourth-order valence-corrected chi connectivity index (χ4v) is 3.08. The average molecular weight is 342 g/mol. The van der Waals surface area contributed by atoms with Gasteiger partial charge in [0, 0.05) is 10.5 Å². The van der Waals surface area contributed by atoms with E-state index in [0.29, 0.717) is 17.9 Å². The first-order valence-electron chi connectivity index (χ1n) is 7.55. The molecule has 0 bridgehead atoms. The second-order valence-electron chi connectivity index (χ2n) is 5.81. The lowest BCUT2D eigenvalue weighted by atomic mass is 9.83. The first-order chi connectivity index (χ1) is 9.49. The molecule has 0 radical (unpaired) electrons. The molecule has 1 N–H and O–H groups in total. The molecule has 2 unspecified atom stereocenters. The quantitative estimate of drug-likeness (QED) is 0.742. The fraction of sp³-hybridized carbons (Fsp3) is 0.647. The molecule has 2 atom stereocenters. The Kier molecular flexibility index (Phi) is 7.60. The van der Waals surface area contributed by atoms with Gasteiger partial charge in [-0.1, -0.05) is 36.7 Å². The number of benzene rings is 1. The zero-order valence-corrected chi connectivity index (χ0v) is 15.0. The van der Waals surface area contributed by atoms with Crippen molar-refractivity contribution in [2.45, 2.75) is 46.6 Å². The summed E-state index contributed by atoms with van der Waals surface area (Å²) in [5.41, 5.74) is 1.28. The lowest BCUT2D eigenvalue weighted by Gasteiger charge is -2.29. The maximum Gasteiger partial charge on any atom is 0.122 e. The molecular weight excluding hydrogens is 314 g/mol. The lowest BCUT2D eigenvalue weighted by molar-refractivity contribution is 0.285. The van der Waals surface area contributed by atoms with Gasteiger partial charge >= 0.3 is 0 Å². The van der Waals surface area contributed by atoms with E-state index < -0.39 is 0 Å². The minimum Gasteiger partial charge on any atom is -0.496 e. The van der Waals surface area contributed by atoms with E-state index in [1.807, 2.05) is 12.1 Å². The van der Waals surface area contributed by atoms with Gasteiger partial charge in [0.05, 0.1) is 7.11 Å². The van der Waals surface area contributed by atoms with Crippen molar-refractivity contribution in [3.8, 4) is 5.75 Å². The minimum atomic E-state index is 0.513. The SMILES string of the molecule is CCCNC(C)C(Cc1cc(Br)ccc1OC)C(C)C. The van der Waals surface area contributed by atoms with Crippen LogP contribution < -0.4 is 10.1 Å². The van der Waals surface area contributed by atoms with Crippen LogP contribution in [0.15, 0.2) is 22.7 Å². The van der Waals surface area contributed by atoms with E-state index in [9.17, 15) is 0 Å². The van der Waals surface area contributed by atoms with Crippen LogP contribution in [0.4, 0.5) is 0 Å². The van der Waals surface area contributed by atoms with Crippen LogP contribution in [0.3, 0.4) is 0 Å². The second-order valence-corrected chi connectivity index (χ2v) is 6.73. The maximum atomic E-state index is 5.50. The van der Waals surface area contributed by atoms with E-state index in [1.165, 1.54) is 12.0 Å². The molecule has 1 aromatic carbocycles. The van der Waals surface area contributed by atoms with Crippen molar-refractivity contribution in [2.24, 2.45) is 11.8 Å². The van der Waals surface area contributed by atoms with Gasteiger partial charge in [-0.3, -0.25) is 0 Å². The summed E-state index contributed by atoms with van der Waals surface area (Å²) in [5, 5.41) is 3.63. The zero-order chi connectivity index (χ0) is 15.1. The molecule has 114 valence electrons. The molecule has 1 aromatic rings. The number of halogens is 1. The summed E-state index contributed by atoms with van der Waals surface area (Å²) in [6.07, 6.45) is 2.22. The Labute approximate surface area is 132 Å². The number of rotatable bonds is 8. The van der Waals surface area contributed by atoms with Crippen molar-refractivity contribution in [1.29, 1.82) is 0 Å². The summed E-state index contributed by atoms with van der Waals surface area (Å²) < 4.78 is 6.62. The van der Waals surface area contributed by atoms with Gasteiger partial charge in [-0.25, -0.2) is 0 Å². The molecule has 0 aliphatic rings. The second kappa shape index (κ2) is 8.68. The smallest absolute Gasteiger partial charge is 0.122 e. The van der Waals surface area contributed by atoms with Crippen molar-refractivity contribution in [2.75, 3.05) is 13.7 Å². The Morgan fingerprint density at radius 1 is 1.25 bits per heavy atom. The molecule has 2 nitrogen and oxygen atoms in total. The summed E-state index contributed by atoms with van der Waals surface area (Å²) >= 11 is 3.56. The Hall–Kier alpha value is -0.540. The number of hydrogen-bond acceptors (Lipinski definition) is 2. The molecule has 0 spiro atoms. The molecule has 20 heavy (non-hydrogen) atoms. The summed E-state index contributed by atoms with van der Waals surface area (Å²) in [6.45, 7) is 10.2. The topological polar surface area (TPSA) is 21.3 Å². The third-order valence-corrected chi connectivity index (χ3v) is 4.41. The number of methoxy groups -OCH3 is 1. The largest absolute Gasteiger partial charge is 0.496 e. The van der Waals surface area contributed by atoms with Gasteiger partial charge in [0.25, 0.3) is 0 Å². The van der Waals surface area contributed by atoms with Gasteiger partial charge in [0.15, 0.2) is 0 Å². The summed E-state index contributed by atoms with van der Waals surface area (Å²) in [5.74, 6) is 2.23. The molecule has 0 saturated carbocycles. The van der Waals surface area contributed by atoms with Crippen molar-refractivity contribution in [3.05, 3.63) is 28.2 Å². The molecule has 0 fully saturated rings. The third-order valence-electron chi connectivity index (χ3n) is 3.91. The van der Waals surface area contributed by atoms with Crippen LogP contribution in [0.25, 0.3) is 0 Å². The molecule has 3 heteroatoms. The molecule has 0 aliphatic carbocycles. The molecule has 0 aliphatic heterocycles. The number of nitrogens with one attached hydrogen (secondary N) is 1. The van der Waals surface area contributed by atoms with Crippen LogP contribution in [0.1, 0.15) is 39.7 Å². The van der Waals surface area contributed by atoms with Crippen LogP contribution in [0.2, 0.25) is 0 Å². The molecule has 1 rings (SSSR count). The number of ether oxygens (including phenoxy) is 1. The van der Waals surface area contributed by atoms with Gasteiger partial charge in [-0.15, -0.1) is 0 Å². The van der Waals surface area contributed by atoms with Crippen molar-refractivity contribution in [3.63, 3.8) is 0 Å². The highest BCUT2D eigenvalue weighted by molar-refractivity contribution is 9.10. The predicted molar refractivity (Wildman–Crippen MR) is 90.5 cm³/mol. The van der Waals surface area contributed by atoms with Gasteiger partial charge in [-0.2, -0.15) is 0 Å². The van der Waals surface area contributed by atoms with E-state index in [1.54, 1.807) is 7.11 Å². The summed E-state index contributed by atoms with van der Waals surface area (Å²) in [6, 6.07) is 6.77. The minimum absolute atomic E-state index is 0.513. The maximum absolute atomic E-state index is 5.50. The van der Waals surface area contributed by atoms with E-state index >= 15 is 0 Å². The van der Waals surface area contributed by atoms with Crippen molar-refractivity contribution in [1.82, 2.24) is 5.32 Å². The average Bonchev–Trinajstić information content (AvgIpc) is 2.42. The first-order valence-corrected chi connectivity index (χ1v) is 8.34. The normalized spacial score (nSPS) is 14.3. The highest BCUT2D eigenvalue weighted by Gasteiger charge is 2.22. The highest BCUT2D eigenvalue weighted by atomic mass is 79.9. The third kappa shape index (κ3) is 5.10. The van der Waals surface area contributed by atoms with Gasteiger partial charge < -0.3 is 10.1 Å². The first kappa shape index (κ1) is 17.5.